The Morgan fingerprint density at radius 3 is 2.77 bits per heavy atom. The number of carboxylic acids is 1. The molecule has 0 aromatic heterocycles. The summed E-state index contributed by atoms with van der Waals surface area (Å²) < 4.78 is 5.12. The second-order valence-electron chi connectivity index (χ2n) is 2.90. The summed E-state index contributed by atoms with van der Waals surface area (Å²) in [6, 6.07) is -0.813. The van der Waals surface area contributed by atoms with Crippen LogP contribution in [0.5, 0.6) is 0 Å². The van der Waals surface area contributed by atoms with Crippen LogP contribution in [0.2, 0.25) is 0 Å². The Hall–Kier alpha value is -0.650. The van der Waals surface area contributed by atoms with Crippen molar-refractivity contribution in [3.8, 4) is 0 Å². The van der Waals surface area contributed by atoms with Gasteiger partial charge in [-0.1, -0.05) is 0 Å². The fourth-order valence-electron chi connectivity index (χ4n) is 0.870. The number of likely N-dealkylation sites (N-methyl/N-ethyl adjacent to an activating group) is 1. The van der Waals surface area contributed by atoms with Crippen LogP contribution in [0.3, 0.4) is 0 Å². The van der Waals surface area contributed by atoms with Crippen LogP contribution in [0.15, 0.2) is 0 Å². The third-order valence-electron chi connectivity index (χ3n) is 1.65. The van der Waals surface area contributed by atoms with Gasteiger partial charge in [0.1, 0.15) is 6.04 Å². The second kappa shape index (κ2) is 6.82. The Labute approximate surface area is 78.5 Å². The van der Waals surface area contributed by atoms with Crippen LogP contribution in [0, 0.1) is 0 Å². The van der Waals surface area contributed by atoms with Gasteiger partial charge in [0.25, 0.3) is 0 Å². The number of hydrogen-bond donors (Lipinski definition) is 2. The predicted molar refractivity (Wildman–Crippen MR) is 49.6 cm³/mol. The number of nitrogens with zero attached hydrogens (tertiary/aromatic N) is 1. The van der Waals surface area contributed by atoms with Crippen LogP contribution >= 0.6 is 0 Å². The quantitative estimate of drug-likeness (QED) is 0.523. The predicted octanol–water partition coefficient (Wildman–Crippen LogP) is -0.633. The Morgan fingerprint density at radius 1 is 1.69 bits per heavy atom. The largest absolute Gasteiger partial charge is 0.480 e. The molecule has 0 aliphatic heterocycles. The Morgan fingerprint density at radius 2 is 2.31 bits per heavy atom. The first-order chi connectivity index (χ1) is 6.07. The number of ether oxygens (including phenoxy) is 1. The van der Waals surface area contributed by atoms with Gasteiger partial charge >= 0.3 is 5.97 Å². The third kappa shape index (κ3) is 6.51. The topological polar surface area (TPSA) is 75.8 Å². The molecule has 13 heavy (non-hydrogen) atoms. The normalized spacial score (nSPS) is 13.2. The fourth-order valence-corrected chi connectivity index (χ4v) is 0.870. The van der Waals surface area contributed by atoms with E-state index in [4.69, 9.17) is 15.6 Å². The van der Waals surface area contributed by atoms with Crippen LogP contribution in [0.25, 0.3) is 0 Å². The summed E-state index contributed by atoms with van der Waals surface area (Å²) in [7, 11) is 1.82. The summed E-state index contributed by atoms with van der Waals surface area (Å²) >= 11 is 0. The lowest BCUT2D eigenvalue weighted by Gasteiger charge is -2.18. The van der Waals surface area contributed by atoms with Crippen molar-refractivity contribution < 1.29 is 14.6 Å². The first-order valence-electron chi connectivity index (χ1n) is 4.32. The van der Waals surface area contributed by atoms with Crippen molar-refractivity contribution in [1.82, 2.24) is 4.90 Å². The first kappa shape index (κ1) is 12.3. The van der Waals surface area contributed by atoms with Gasteiger partial charge in [0.15, 0.2) is 0 Å². The van der Waals surface area contributed by atoms with Gasteiger partial charge in [-0.2, -0.15) is 0 Å². The van der Waals surface area contributed by atoms with E-state index in [1.54, 1.807) is 0 Å². The highest BCUT2D eigenvalue weighted by Gasteiger charge is 2.13. The summed E-state index contributed by atoms with van der Waals surface area (Å²) in [5.74, 6) is -0.969. The number of carbonyl (C=O) groups is 1. The van der Waals surface area contributed by atoms with Crippen LogP contribution < -0.4 is 5.73 Å². The van der Waals surface area contributed by atoms with Gasteiger partial charge in [-0.25, -0.2) is 0 Å². The first-order valence-corrected chi connectivity index (χ1v) is 4.32. The lowest BCUT2D eigenvalue weighted by Crippen LogP contribution is -2.42. The van der Waals surface area contributed by atoms with E-state index in [-0.39, 0.29) is 0 Å². The molecule has 0 aliphatic rings. The summed E-state index contributed by atoms with van der Waals surface area (Å²) in [5, 5.41) is 8.52. The van der Waals surface area contributed by atoms with E-state index in [1.165, 1.54) is 0 Å². The van der Waals surface area contributed by atoms with E-state index in [0.717, 1.165) is 0 Å². The smallest absolute Gasteiger partial charge is 0.321 e. The zero-order valence-corrected chi connectivity index (χ0v) is 8.19. The van der Waals surface area contributed by atoms with Crippen molar-refractivity contribution in [2.75, 3.05) is 33.4 Å². The van der Waals surface area contributed by atoms with Crippen molar-refractivity contribution in [3.63, 3.8) is 0 Å². The number of aliphatic carboxylic acids is 1. The average molecular weight is 190 g/mol. The molecule has 3 N–H and O–H groups in total. The molecule has 0 spiro atoms. The molecular weight excluding hydrogens is 172 g/mol. The molecule has 0 aromatic carbocycles. The number of hydrogen-bond acceptors (Lipinski definition) is 4. The van der Waals surface area contributed by atoms with Crippen molar-refractivity contribution in [1.29, 1.82) is 0 Å². The molecule has 5 nitrogen and oxygen atoms in total. The van der Waals surface area contributed by atoms with Gasteiger partial charge in [-0.3, -0.25) is 4.79 Å². The molecule has 0 rings (SSSR count). The molecular formula is C8H18N2O3. The average Bonchev–Trinajstić information content (AvgIpc) is 2.04. The SMILES string of the molecule is CCOCCN(C)CC(N)C(=O)O. The minimum absolute atomic E-state index is 0.350. The minimum Gasteiger partial charge on any atom is -0.480 e. The van der Waals surface area contributed by atoms with Gasteiger partial charge in [-0.05, 0) is 14.0 Å². The maximum Gasteiger partial charge on any atom is 0.321 e. The zero-order chi connectivity index (χ0) is 10.3. The summed E-state index contributed by atoms with van der Waals surface area (Å²) in [5.41, 5.74) is 5.34. The maximum atomic E-state index is 10.4. The molecule has 5 heteroatoms. The van der Waals surface area contributed by atoms with E-state index in [2.05, 4.69) is 0 Å². The lowest BCUT2D eigenvalue weighted by molar-refractivity contribution is -0.138. The molecule has 0 aliphatic carbocycles. The molecule has 0 heterocycles. The third-order valence-corrected chi connectivity index (χ3v) is 1.65. The molecule has 0 saturated heterocycles. The van der Waals surface area contributed by atoms with Gasteiger partial charge in [-0.15, -0.1) is 0 Å². The van der Waals surface area contributed by atoms with Crippen molar-refractivity contribution in [2.24, 2.45) is 5.73 Å². The number of nitrogens with two attached hydrogens (primary N) is 1. The Kier molecular flexibility index (Phi) is 6.48. The number of carboxylic acid groups (broad SMARTS) is 1. The molecule has 0 aromatic rings. The second-order valence-corrected chi connectivity index (χ2v) is 2.90. The zero-order valence-electron chi connectivity index (χ0n) is 8.19. The standard InChI is InChI=1S/C8H18N2O3/c1-3-13-5-4-10(2)6-7(9)8(11)12/h7H,3-6,9H2,1-2H3,(H,11,12). The van der Waals surface area contributed by atoms with Crippen molar-refractivity contribution in [3.05, 3.63) is 0 Å². The molecule has 0 fully saturated rings. The molecule has 1 unspecified atom stereocenters. The Bertz CT molecular complexity index is 152. The van der Waals surface area contributed by atoms with Crippen molar-refractivity contribution >= 4 is 5.97 Å². The van der Waals surface area contributed by atoms with Gasteiger partial charge < -0.3 is 20.5 Å². The summed E-state index contributed by atoms with van der Waals surface area (Å²) in [6.45, 7) is 4.26. The highest BCUT2D eigenvalue weighted by atomic mass is 16.5. The minimum atomic E-state index is -0.969. The van der Waals surface area contributed by atoms with E-state index in [9.17, 15) is 4.79 Å². The number of rotatable bonds is 7. The monoisotopic (exact) mass is 190 g/mol. The lowest BCUT2D eigenvalue weighted by atomic mass is 10.3. The molecule has 0 saturated carbocycles. The van der Waals surface area contributed by atoms with Gasteiger partial charge in [0, 0.05) is 19.7 Å². The molecule has 0 amide bonds. The van der Waals surface area contributed by atoms with E-state index in [1.807, 2.05) is 18.9 Å². The highest BCUT2D eigenvalue weighted by molar-refractivity contribution is 5.73. The molecule has 0 radical (unpaired) electrons. The van der Waals surface area contributed by atoms with Crippen molar-refractivity contribution in [2.45, 2.75) is 13.0 Å². The summed E-state index contributed by atoms with van der Waals surface area (Å²) in [4.78, 5) is 12.2. The fraction of sp³-hybridized carbons (Fsp3) is 0.875. The Balaban J connectivity index is 3.49. The highest BCUT2D eigenvalue weighted by Crippen LogP contribution is 1.87. The maximum absolute atomic E-state index is 10.4. The molecule has 1 atom stereocenters. The van der Waals surface area contributed by atoms with Gasteiger partial charge in [0.05, 0.1) is 6.61 Å². The molecule has 78 valence electrons. The van der Waals surface area contributed by atoms with Crippen LogP contribution in [0.1, 0.15) is 6.92 Å². The van der Waals surface area contributed by atoms with E-state index < -0.39 is 12.0 Å². The molecule has 0 bridgehead atoms. The summed E-state index contributed by atoms with van der Waals surface area (Å²) in [6.07, 6.45) is 0. The van der Waals surface area contributed by atoms with E-state index in [0.29, 0.717) is 26.3 Å². The van der Waals surface area contributed by atoms with Crippen LogP contribution in [-0.2, 0) is 9.53 Å². The van der Waals surface area contributed by atoms with E-state index >= 15 is 0 Å². The van der Waals surface area contributed by atoms with Gasteiger partial charge in [0.2, 0.25) is 0 Å². The van der Waals surface area contributed by atoms with Crippen LogP contribution in [0.4, 0.5) is 0 Å². The van der Waals surface area contributed by atoms with Crippen LogP contribution in [-0.4, -0.2) is 55.4 Å².